The lowest BCUT2D eigenvalue weighted by molar-refractivity contribution is -0.194. The highest BCUT2D eigenvalue weighted by atomic mass is 16.7. The zero-order valence-corrected chi connectivity index (χ0v) is 9.09. The monoisotopic (exact) mass is 185 g/mol. The highest BCUT2D eigenvalue weighted by molar-refractivity contribution is 4.66. The fourth-order valence-electron chi connectivity index (χ4n) is 1.80. The van der Waals surface area contributed by atoms with Gasteiger partial charge in [0.05, 0.1) is 6.61 Å². The SMILES string of the molecule is CCCCCON1CCCCC1C. The Morgan fingerprint density at radius 1 is 1.31 bits per heavy atom. The number of unbranched alkanes of at least 4 members (excludes halogenated alkanes) is 2. The molecule has 1 aliphatic heterocycles. The topological polar surface area (TPSA) is 12.5 Å². The maximum absolute atomic E-state index is 5.73. The van der Waals surface area contributed by atoms with E-state index in [1.807, 2.05) is 0 Å². The Labute approximate surface area is 82.2 Å². The van der Waals surface area contributed by atoms with Gasteiger partial charge in [-0.25, -0.2) is 0 Å². The zero-order valence-electron chi connectivity index (χ0n) is 9.09. The summed E-state index contributed by atoms with van der Waals surface area (Å²) in [6.45, 7) is 6.54. The molecule has 0 N–H and O–H groups in total. The Bertz CT molecular complexity index is 127. The lowest BCUT2D eigenvalue weighted by Crippen LogP contribution is -2.37. The third-order valence-electron chi connectivity index (χ3n) is 2.75. The first kappa shape index (κ1) is 11.0. The van der Waals surface area contributed by atoms with Gasteiger partial charge in [-0.3, -0.25) is 4.84 Å². The highest BCUT2D eigenvalue weighted by Crippen LogP contribution is 2.16. The van der Waals surface area contributed by atoms with E-state index in [0.29, 0.717) is 6.04 Å². The Balaban J connectivity index is 2.05. The second-order valence-electron chi connectivity index (χ2n) is 4.03. The molecule has 0 aromatic rings. The second-order valence-corrected chi connectivity index (χ2v) is 4.03. The van der Waals surface area contributed by atoms with Crippen LogP contribution in [-0.4, -0.2) is 24.3 Å². The van der Waals surface area contributed by atoms with Crippen LogP contribution in [0.1, 0.15) is 52.4 Å². The number of piperidine rings is 1. The minimum Gasteiger partial charge on any atom is -0.299 e. The molecular formula is C11H23NO. The largest absolute Gasteiger partial charge is 0.299 e. The van der Waals surface area contributed by atoms with Gasteiger partial charge in [0.1, 0.15) is 0 Å². The molecule has 78 valence electrons. The predicted molar refractivity (Wildman–Crippen MR) is 55.5 cm³/mol. The van der Waals surface area contributed by atoms with E-state index in [2.05, 4.69) is 18.9 Å². The maximum atomic E-state index is 5.73. The quantitative estimate of drug-likeness (QED) is 0.610. The number of nitrogens with zero attached hydrogens (tertiary/aromatic N) is 1. The molecule has 0 bridgehead atoms. The minimum atomic E-state index is 0.635. The summed E-state index contributed by atoms with van der Waals surface area (Å²) >= 11 is 0. The summed E-state index contributed by atoms with van der Waals surface area (Å²) in [4.78, 5) is 5.73. The molecule has 0 amide bonds. The van der Waals surface area contributed by atoms with E-state index in [1.165, 1.54) is 38.5 Å². The molecule has 1 fully saturated rings. The van der Waals surface area contributed by atoms with Gasteiger partial charge < -0.3 is 0 Å². The third kappa shape index (κ3) is 4.10. The van der Waals surface area contributed by atoms with Crippen molar-refractivity contribution in [1.82, 2.24) is 5.06 Å². The van der Waals surface area contributed by atoms with Crippen LogP contribution in [0.3, 0.4) is 0 Å². The van der Waals surface area contributed by atoms with Gasteiger partial charge in [0.15, 0.2) is 0 Å². The highest BCUT2D eigenvalue weighted by Gasteiger charge is 2.18. The second kappa shape index (κ2) is 6.39. The van der Waals surface area contributed by atoms with Crippen molar-refractivity contribution in [3.05, 3.63) is 0 Å². The van der Waals surface area contributed by atoms with Crippen LogP contribution in [0.4, 0.5) is 0 Å². The van der Waals surface area contributed by atoms with Gasteiger partial charge in [0, 0.05) is 12.6 Å². The summed E-state index contributed by atoms with van der Waals surface area (Å²) < 4.78 is 0. The summed E-state index contributed by atoms with van der Waals surface area (Å²) in [6, 6.07) is 0.635. The van der Waals surface area contributed by atoms with Crippen molar-refractivity contribution in [2.24, 2.45) is 0 Å². The standard InChI is InChI=1S/C11H23NO/c1-3-4-7-10-13-12-9-6-5-8-11(12)2/h11H,3-10H2,1-2H3. The van der Waals surface area contributed by atoms with Crippen molar-refractivity contribution in [1.29, 1.82) is 0 Å². The van der Waals surface area contributed by atoms with Crippen LogP contribution in [0.15, 0.2) is 0 Å². The maximum Gasteiger partial charge on any atom is 0.0685 e. The van der Waals surface area contributed by atoms with Gasteiger partial charge in [-0.05, 0) is 26.2 Å². The average molecular weight is 185 g/mol. The van der Waals surface area contributed by atoms with Crippen molar-refractivity contribution in [3.63, 3.8) is 0 Å². The van der Waals surface area contributed by atoms with E-state index >= 15 is 0 Å². The van der Waals surface area contributed by atoms with E-state index in [1.54, 1.807) is 0 Å². The molecular weight excluding hydrogens is 162 g/mol. The third-order valence-corrected chi connectivity index (χ3v) is 2.75. The Morgan fingerprint density at radius 2 is 2.15 bits per heavy atom. The van der Waals surface area contributed by atoms with Crippen molar-refractivity contribution in [2.45, 2.75) is 58.4 Å². The molecule has 0 aromatic carbocycles. The molecule has 0 aromatic heterocycles. The van der Waals surface area contributed by atoms with Crippen LogP contribution in [0.5, 0.6) is 0 Å². The van der Waals surface area contributed by atoms with Crippen LogP contribution in [0.2, 0.25) is 0 Å². The molecule has 0 aliphatic carbocycles. The Morgan fingerprint density at radius 3 is 2.85 bits per heavy atom. The summed E-state index contributed by atoms with van der Waals surface area (Å²) in [6.07, 6.45) is 7.75. The molecule has 2 heteroatoms. The van der Waals surface area contributed by atoms with E-state index in [0.717, 1.165) is 13.2 Å². The number of hydrogen-bond donors (Lipinski definition) is 0. The van der Waals surface area contributed by atoms with Crippen molar-refractivity contribution in [2.75, 3.05) is 13.2 Å². The fourth-order valence-corrected chi connectivity index (χ4v) is 1.80. The Kier molecular flexibility index (Phi) is 5.40. The first-order valence-electron chi connectivity index (χ1n) is 5.74. The lowest BCUT2D eigenvalue weighted by Gasteiger charge is -2.32. The molecule has 1 rings (SSSR count). The molecule has 1 saturated heterocycles. The zero-order chi connectivity index (χ0) is 9.52. The van der Waals surface area contributed by atoms with Crippen molar-refractivity contribution < 1.29 is 4.84 Å². The van der Waals surface area contributed by atoms with Gasteiger partial charge in [0.2, 0.25) is 0 Å². The van der Waals surface area contributed by atoms with Crippen LogP contribution in [0.25, 0.3) is 0 Å². The van der Waals surface area contributed by atoms with Crippen molar-refractivity contribution >= 4 is 0 Å². The number of rotatable bonds is 5. The molecule has 1 atom stereocenters. The van der Waals surface area contributed by atoms with Gasteiger partial charge in [-0.2, -0.15) is 5.06 Å². The lowest BCUT2D eigenvalue weighted by atomic mass is 10.1. The summed E-state index contributed by atoms with van der Waals surface area (Å²) in [7, 11) is 0. The van der Waals surface area contributed by atoms with Gasteiger partial charge in [0.25, 0.3) is 0 Å². The van der Waals surface area contributed by atoms with Crippen LogP contribution in [0, 0.1) is 0 Å². The first-order valence-corrected chi connectivity index (χ1v) is 5.74. The molecule has 13 heavy (non-hydrogen) atoms. The smallest absolute Gasteiger partial charge is 0.0685 e. The van der Waals surface area contributed by atoms with E-state index in [4.69, 9.17) is 4.84 Å². The van der Waals surface area contributed by atoms with Crippen molar-refractivity contribution in [3.8, 4) is 0 Å². The fraction of sp³-hybridized carbons (Fsp3) is 1.00. The molecule has 2 nitrogen and oxygen atoms in total. The Hall–Kier alpha value is -0.0800. The number of hydroxylamine groups is 2. The predicted octanol–water partition coefficient (Wildman–Crippen LogP) is 2.98. The van der Waals surface area contributed by atoms with Gasteiger partial charge in [-0.1, -0.05) is 26.2 Å². The van der Waals surface area contributed by atoms with Gasteiger partial charge >= 0.3 is 0 Å². The van der Waals surface area contributed by atoms with E-state index < -0.39 is 0 Å². The molecule has 0 saturated carbocycles. The van der Waals surface area contributed by atoms with Crippen LogP contribution < -0.4 is 0 Å². The summed E-state index contributed by atoms with van der Waals surface area (Å²) in [5.74, 6) is 0. The summed E-state index contributed by atoms with van der Waals surface area (Å²) in [5, 5.41) is 2.18. The van der Waals surface area contributed by atoms with Crippen LogP contribution in [-0.2, 0) is 4.84 Å². The van der Waals surface area contributed by atoms with Crippen LogP contribution >= 0.6 is 0 Å². The normalized spacial score (nSPS) is 24.9. The molecule has 1 aliphatic rings. The van der Waals surface area contributed by atoms with E-state index in [-0.39, 0.29) is 0 Å². The minimum absolute atomic E-state index is 0.635. The molecule has 1 unspecified atom stereocenters. The molecule has 1 heterocycles. The molecule has 0 radical (unpaired) electrons. The first-order chi connectivity index (χ1) is 6.34. The van der Waals surface area contributed by atoms with Gasteiger partial charge in [-0.15, -0.1) is 0 Å². The van der Waals surface area contributed by atoms with E-state index in [9.17, 15) is 0 Å². The summed E-state index contributed by atoms with van der Waals surface area (Å²) in [5.41, 5.74) is 0. The number of hydrogen-bond acceptors (Lipinski definition) is 2. The molecule has 0 spiro atoms. The average Bonchev–Trinajstić information content (AvgIpc) is 2.15.